The number of amides is 1. The van der Waals surface area contributed by atoms with E-state index in [1.54, 1.807) is 12.1 Å². The molecule has 1 rings (SSSR count). The van der Waals surface area contributed by atoms with E-state index in [0.717, 1.165) is 0 Å². The molecule has 1 heterocycles. The molecule has 0 radical (unpaired) electrons. The number of hydrogen-bond acceptors (Lipinski definition) is 3. The third kappa shape index (κ3) is 5.10. The monoisotopic (exact) mass is 236 g/mol. The van der Waals surface area contributed by atoms with Gasteiger partial charge >= 0.3 is 5.97 Å². The van der Waals surface area contributed by atoms with Gasteiger partial charge in [0.25, 0.3) is 0 Å². The van der Waals surface area contributed by atoms with Gasteiger partial charge in [0.1, 0.15) is 0 Å². The smallest absolute Gasteiger partial charge is 0.309 e. The number of anilines is 1. The summed E-state index contributed by atoms with van der Waals surface area (Å²) in [6, 6.07) is 3.25. The number of carbonyl (C=O) groups is 2. The zero-order valence-corrected chi connectivity index (χ0v) is 9.93. The molecule has 0 fully saturated rings. The molecule has 0 aliphatic carbocycles. The number of carboxylic acids is 1. The Morgan fingerprint density at radius 1 is 1.41 bits per heavy atom. The molecule has 0 unspecified atom stereocenters. The summed E-state index contributed by atoms with van der Waals surface area (Å²) >= 11 is 0. The quantitative estimate of drug-likeness (QED) is 0.815. The number of rotatable bonds is 5. The second-order valence-corrected chi connectivity index (χ2v) is 4.25. The van der Waals surface area contributed by atoms with Gasteiger partial charge in [0.05, 0.1) is 24.0 Å². The van der Waals surface area contributed by atoms with Crippen molar-refractivity contribution in [1.82, 2.24) is 4.98 Å². The fourth-order valence-corrected chi connectivity index (χ4v) is 1.34. The fraction of sp³-hybridized carbons (Fsp3) is 0.417. The second-order valence-electron chi connectivity index (χ2n) is 4.25. The number of pyridine rings is 1. The van der Waals surface area contributed by atoms with Crippen LogP contribution in [0.2, 0.25) is 0 Å². The molecular weight excluding hydrogens is 220 g/mol. The first-order valence-electron chi connectivity index (χ1n) is 5.44. The lowest BCUT2D eigenvalue weighted by atomic mass is 10.1. The molecule has 0 aliphatic rings. The molecule has 1 amide bonds. The van der Waals surface area contributed by atoms with Crippen molar-refractivity contribution in [3.05, 3.63) is 24.0 Å². The van der Waals surface area contributed by atoms with Gasteiger partial charge in [-0.3, -0.25) is 14.6 Å². The van der Waals surface area contributed by atoms with Crippen molar-refractivity contribution < 1.29 is 14.7 Å². The third-order valence-corrected chi connectivity index (χ3v) is 2.03. The van der Waals surface area contributed by atoms with Gasteiger partial charge in [-0.1, -0.05) is 13.8 Å². The highest BCUT2D eigenvalue weighted by Gasteiger charge is 2.06. The number of nitrogens with zero attached hydrogens (tertiary/aromatic N) is 1. The molecule has 5 nitrogen and oxygen atoms in total. The summed E-state index contributed by atoms with van der Waals surface area (Å²) in [6.45, 7) is 3.93. The fourth-order valence-electron chi connectivity index (χ4n) is 1.34. The van der Waals surface area contributed by atoms with Crippen molar-refractivity contribution in [3.8, 4) is 0 Å². The summed E-state index contributed by atoms with van der Waals surface area (Å²) in [5.74, 6) is -0.684. The maximum Gasteiger partial charge on any atom is 0.309 e. The zero-order chi connectivity index (χ0) is 12.8. The van der Waals surface area contributed by atoms with E-state index in [1.807, 2.05) is 13.8 Å². The third-order valence-electron chi connectivity index (χ3n) is 2.03. The standard InChI is InChI=1S/C12H16N2O3/c1-8(2)5-11(15)14-10-4-3-9(13-7-10)6-12(16)17/h3-4,7-8H,5-6H2,1-2H3,(H,14,15)(H,16,17). The van der Waals surface area contributed by atoms with E-state index in [9.17, 15) is 9.59 Å². The molecule has 5 heteroatoms. The predicted octanol–water partition coefficient (Wildman–Crippen LogP) is 1.69. The topological polar surface area (TPSA) is 79.3 Å². The van der Waals surface area contributed by atoms with E-state index >= 15 is 0 Å². The van der Waals surface area contributed by atoms with Crippen molar-refractivity contribution in [3.63, 3.8) is 0 Å². The Kier molecular flexibility index (Phi) is 4.63. The van der Waals surface area contributed by atoms with Gasteiger partial charge in [-0.05, 0) is 18.1 Å². The maximum absolute atomic E-state index is 11.5. The SMILES string of the molecule is CC(C)CC(=O)Nc1ccc(CC(=O)O)nc1. The average molecular weight is 236 g/mol. The molecule has 0 aromatic carbocycles. The van der Waals surface area contributed by atoms with Crippen LogP contribution >= 0.6 is 0 Å². The van der Waals surface area contributed by atoms with Crippen LogP contribution in [0.15, 0.2) is 18.3 Å². The van der Waals surface area contributed by atoms with Crippen LogP contribution in [0, 0.1) is 5.92 Å². The van der Waals surface area contributed by atoms with Gasteiger partial charge in [0.15, 0.2) is 0 Å². The Hall–Kier alpha value is -1.91. The zero-order valence-electron chi connectivity index (χ0n) is 9.93. The minimum Gasteiger partial charge on any atom is -0.481 e. The van der Waals surface area contributed by atoms with E-state index < -0.39 is 5.97 Å². The number of aliphatic carboxylic acids is 1. The van der Waals surface area contributed by atoms with Crippen LogP contribution in [0.1, 0.15) is 26.0 Å². The molecule has 1 aromatic rings. The minimum absolute atomic E-state index is 0.0622. The first-order chi connectivity index (χ1) is 7.97. The highest BCUT2D eigenvalue weighted by molar-refractivity contribution is 5.90. The number of nitrogens with one attached hydrogen (secondary N) is 1. The summed E-state index contributed by atoms with van der Waals surface area (Å²) in [5.41, 5.74) is 1.06. The first-order valence-corrected chi connectivity index (χ1v) is 5.44. The molecule has 1 aromatic heterocycles. The van der Waals surface area contributed by atoms with Gasteiger partial charge in [0, 0.05) is 6.42 Å². The number of carboxylic acid groups (broad SMARTS) is 1. The lowest BCUT2D eigenvalue weighted by Gasteiger charge is -2.07. The van der Waals surface area contributed by atoms with Gasteiger partial charge in [-0.25, -0.2) is 0 Å². The predicted molar refractivity (Wildman–Crippen MR) is 63.7 cm³/mol. The Balaban J connectivity index is 2.56. The lowest BCUT2D eigenvalue weighted by molar-refractivity contribution is -0.136. The van der Waals surface area contributed by atoms with Crippen LogP contribution in [0.5, 0.6) is 0 Å². The largest absolute Gasteiger partial charge is 0.481 e. The molecule has 0 saturated carbocycles. The maximum atomic E-state index is 11.5. The van der Waals surface area contributed by atoms with E-state index in [-0.39, 0.29) is 12.3 Å². The summed E-state index contributed by atoms with van der Waals surface area (Å²) in [6.07, 6.45) is 1.81. The van der Waals surface area contributed by atoms with Crippen LogP contribution < -0.4 is 5.32 Å². The van der Waals surface area contributed by atoms with E-state index in [0.29, 0.717) is 23.7 Å². The van der Waals surface area contributed by atoms with Crippen LogP contribution in [-0.2, 0) is 16.0 Å². The lowest BCUT2D eigenvalue weighted by Crippen LogP contribution is -2.14. The van der Waals surface area contributed by atoms with Crippen molar-refractivity contribution >= 4 is 17.6 Å². The average Bonchev–Trinajstić information content (AvgIpc) is 2.18. The number of hydrogen-bond donors (Lipinski definition) is 2. The molecular formula is C12H16N2O3. The molecule has 92 valence electrons. The van der Waals surface area contributed by atoms with Crippen molar-refractivity contribution in [1.29, 1.82) is 0 Å². The van der Waals surface area contributed by atoms with Crippen LogP contribution in [0.3, 0.4) is 0 Å². The van der Waals surface area contributed by atoms with Crippen molar-refractivity contribution in [2.24, 2.45) is 5.92 Å². The Morgan fingerprint density at radius 2 is 2.12 bits per heavy atom. The normalized spacial score (nSPS) is 10.3. The minimum atomic E-state index is -0.922. The van der Waals surface area contributed by atoms with Crippen LogP contribution in [-0.4, -0.2) is 22.0 Å². The van der Waals surface area contributed by atoms with Crippen LogP contribution in [0.25, 0.3) is 0 Å². The number of aromatic nitrogens is 1. The number of carbonyl (C=O) groups excluding carboxylic acids is 1. The second kappa shape index (κ2) is 5.98. The summed E-state index contributed by atoms with van der Waals surface area (Å²) < 4.78 is 0. The molecule has 0 spiro atoms. The van der Waals surface area contributed by atoms with E-state index in [2.05, 4.69) is 10.3 Å². The van der Waals surface area contributed by atoms with Gasteiger partial charge in [-0.15, -0.1) is 0 Å². The summed E-state index contributed by atoms with van der Waals surface area (Å²) in [4.78, 5) is 25.9. The van der Waals surface area contributed by atoms with Gasteiger partial charge < -0.3 is 10.4 Å². The molecule has 0 saturated heterocycles. The molecule has 0 aliphatic heterocycles. The molecule has 17 heavy (non-hydrogen) atoms. The van der Waals surface area contributed by atoms with Crippen molar-refractivity contribution in [2.45, 2.75) is 26.7 Å². The Morgan fingerprint density at radius 3 is 2.59 bits per heavy atom. The van der Waals surface area contributed by atoms with E-state index in [1.165, 1.54) is 6.20 Å². The highest BCUT2D eigenvalue weighted by Crippen LogP contribution is 2.09. The van der Waals surface area contributed by atoms with E-state index in [4.69, 9.17) is 5.11 Å². The van der Waals surface area contributed by atoms with Crippen LogP contribution in [0.4, 0.5) is 5.69 Å². The van der Waals surface area contributed by atoms with Gasteiger partial charge in [0.2, 0.25) is 5.91 Å². The first kappa shape index (κ1) is 13.2. The Labute approximate surface area is 99.9 Å². The Bertz CT molecular complexity index is 399. The summed E-state index contributed by atoms with van der Waals surface area (Å²) in [5, 5.41) is 11.3. The summed E-state index contributed by atoms with van der Waals surface area (Å²) in [7, 11) is 0. The van der Waals surface area contributed by atoms with Gasteiger partial charge in [-0.2, -0.15) is 0 Å². The molecule has 2 N–H and O–H groups in total. The van der Waals surface area contributed by atoms with Crippen molar-refractivity contribution in [2.75, 3.05) is 5.32 Å². The molecule has 0 bridgehead atoms. The highest BCUT2D eigenvalue weighted by atomic mass is 16.4. The molecule has 0 atom stereocenters.